The summed E-state index contributed by atoms with van der Waals surface area (Å²) in [5.41, 5.74) is 1.42. The number of ether oxygens (including phenoxy) is 2. The van der Waals surface area contributed by atoms with Gasteiger partial charge in [0.1, 0.15) is 35.0 Å². The van der Waals surface area contributed by atoms with Crippen LogP contribution in [0.5, 0.6) is 11.5 Å². The number of hydrogen-bond donors (Lipinski definition) is 2. The van der Waals surface area contributed by atoms with Gasteiger partial charge >= 0.3 is 5.97 Å². The second kappa shape index (κ2) is 11.5. The molecule has 0 atom stereocenters. The second-order valence-electron chi connectivity index (χ2n) is 8.24. The molecular formula is C28H28FN3O4. The van der Waals surface area contributed by atoms with E-state index in [1.54, 1.807) is 13.2 Å². The third-order valence-electron chi connectivity index (χ3n) is 5.91. The van der Waals surface area contributed by atoms with E-state index in [1.165, 1.54) is 12.4 Å². The van der Waals surface area contributed by atoms with Crippen molar-refractivity contribution >= 4 is 22.6 Å². The highest BCUT2D eigenvalue weighted by Crippen LogP contribution is 2.35. The molecule has 186 valence electrons. The molecule has 0 unspecified atom stereocenters. The molecule has 36 heavy (non-hydrogen) atoms. The summed E-state index contributed by atoms with van der Waals surface area (Å²) < 4.78 is 25.7. The highest BCUT2D eigenvalue weighted by molar-refractivity contribution is 5.94. The zero-order chi connectivity index (χ0) is 25.5. The third kappa shape index (κ3) is 5.38. The molecule has 8 heteroatoms. The molecule has 0 radical (unpaired) electrons. The Labute approximate surface area is 208 Å². The molecule has 0 saturated carbocycles. The monoisotopic (exact) mass is 489 g/mol. The fourth-order valence-electron chi connectivity index (χ4n) is 4.11. The fraction of sp³-hybridized carbons (Fsp3) is 0.250. The molecule has 0 saturated heterocycles. The molecule has 4 rings (SSSR count). The molecule has 3 aromatic carbocycles. The Hall–Kier alpha value is -4.20. The summed E-state index contributed by atoms with van der Waals surface area (Å²) in [7, 11) is 1.66. The van der Waals surface area contributed by atoms with Gasteiger partial charge in [-0.2, -0.15) is 0 Å². The van der Waals surface area contributed by atoms with Crippen LogP contribution in [0.1, 0.15) is 35.7 Å². The van der Waals surface area contributed by atoms with Crippen LogP contribution < -0.4 is 14.8 Å². The number of fused-ring (bicyclic) bond motifs is 1. The second-order valence-corrected chi connectivity index (χ2v) is 8.24. The van der Waals surface area contributed by atoms with Gasteiger partial charge in [0.15, 0.2) is 0 Å². The number of carboxylic acids is 1. The number of carboxylic acid groups (broad SMARTS) is 1. The number of aromatic nitrogens is 2. The molecule has 4 aromatic rings. The van der Waals surface area contributed by atoms with Gasteiger partial charge in [-0.3, -0.25) is 0 Å². The van der Waals surface area contributed by atoms with E-state index >= 15 is 0 Å². The number of aromatic carboxylic acids is 1. The zero-order valence-corrected chi connectivity index (χ0v) is 20.3. The van der Waals surface area contributed by atoms with Crippen molar-refractivity contribution in [1.82, 2.24) is 9.97 Å². The molecule has 0 bridgehead atoms. The van der Waals surface area contributed by atoms with Gasteiger partial charge in [-0.05, 0) is 41.8 Å². The SMILES string of the molecule is CCCCOc1c(-c2cc(NCCc3c(OC)ccc4ccccc34)ncn2)ccc(F)c1C(=O)O. The lowest BCUT2D eigenvalue weighted by Crippen LogP contribution is -2.10. The Morgan fingerprint density at radius 3 is 2.72 bits per heavy atom. The van der Waals surface area contributed by atoms with Gasteiger partial charge in [0, 0.05) is 23.7 Å². The Morgan fingerprint density at radius 1 is 1.11 bits per heavy atom. The highest BCUT2D eigenvalue weighted by atomic mass is 19.1. The van der Waals surface area contributed by atoms with Gasteiger partial charge in [-0.15, -0.1) is 0 Å². The Balaban J connectivity index is 1.58. The number of carbonyl (C=O) groups is 1. The summed E-state index contributed by atoms with van der Waals surface area (Å²) in [4.78, 5) is 20.4. The maximum absolute atomic E-state index is 14.4. The molecule has 7 nitrogen and oxygen atoms in total. The maximum Gasteiger partial charge on any atom is 0.342 e. The average molecular weight is 490 g/mol. The van der Waals surface area contributed by atoms with E-state index in [2.05, 4.69) is 27.4 Å². The van der Waals surface area contributed by atoms with Gasteiger partial charge in [-0.25, -0.2) is 19.2 Å². The van der Waals surface area contributed by atoms with Crippen LogP contribution in [0.15, 0.2) is 60.9 Å². The van der Waals surface area contributed by atoms with E-state index in [0.717, 1.165) is 34.6 Å². The van der Waals surface area contributed by atoms with Crippen LogP contribution in [0.2, 0.25) is 0 Å². The minimum absolute atomic E-state index is 0.0268. The molecule has 1 heterocycles. The molecular weight excluding hydrogens is 461 g/mol. The maximum atomic E-state index is 14.4. The van der Waals surface area contributed by atoms with Crippen molar-refractivity contribution in [3.8, 4) is 22.8 Å². The Morgan fingerprint density at radius 2 is 1.94 bits per heavy atom. The Bertz CT molecular complexity index is 1380. The van der Waals surface area contributed by atoms with E-state index in [-0.39, 0.29) is 12.4 Å². The average Bonchev–Trinajstić information content (AvgIpc) is 2.89. The summed E-state index contributed by atoms with van der Waals surface area (Å²) in [5.74, 6) is -0.896. The predicted molar refractivity (Wildman–Crippen MR) is 137 cm³/mol. The number of halogens is 1. The molecule has 2 N–H and O–H groups in total. The minimum atomic E-state index is -1.39. The summed E-state index contributed by atoms with van der Waals surface area (Å²) in [5, 5.41) is 15.2. The highest BCUT2D eigenvalue weighted by Gasteiger charge is 2.23. The lowest BCUT2D eigenvalue weighted by atomic mass is 10.0. The number of nitrogens with one attached hydrogen (secondary N) is 1. The van der Waals surface area contributed by atoms with Crippen molar-refractivity contribution in [3.63, 3.8) is 0 Å². The lowest BCUT2D eigenvalue weighted by Gasteiger charge is -2.15. The lowest BCUT2D eigenvalue weighted by molar-refractivity contribution is 0.0687. The van der Waals surface area contributed by atoms with Gasteiger partial charge in [0.05, 0.1) is 19.4 Å². The molecule has 0 aliphatic heterocycles. The fourth-order valence-corrected chi connectivity index (χ4v) is 4.11. The number of benzene rings is 3. The van der Waals surface area contributed by atoms with Crippen molar-refractivity contribution < 1.29 is 23.8 Å². The summed E-state index contributed by atoms with van der Waals surface area (Å²) in [6, 6.07) is 16.5. The molecule has 1 aromatic heterocycles. The van der Waals surface area contributed by atoms with Gasteiger partial charge in [0.2, 0.25) is 0 Å². The van der Waals surface area contributed by atoms with Crippen molar-refractivity contribution in [2.75, 3.05) is 25.6 Å². The van der Waals surface area contributed by atoms with Crippen molar-refractivity contribution in [2.24, 2.45) is 0 Å². The molecule has 0 amide bonds. The standard InChI is InChI=1S/C28H28FN3O4/c1-3-4-15-36-27-21(10-11-22(29)26(27)28(33)34)23-16-25(32-17-31-23)30-14-13-20-19-8-6-5-7-18(19)9-12-24(20)35-2/h5-12,16-17H,3-4,13-15H2,1-2H3,(H,33,34)(H,30,31,32). The summed E-state index contributed by atoms with van der Waals surface area (Å²) in [6.45, 7) is 2.84. The van der Waals surface area contributed by atoms with Crippen LogP contribution in [0.3, 0.4) is 0 Å². The molecule has 0 fully saturated rings. The van der Waals surface area contributed by atoms with Gasteiger partial charge in [0.25, 0.3) is 0 Å². The number of nitrogens with zero attached hydrogens (tertiary/aromatic N) is 2. The normalized spacial score (nSPS) is 10.9. The quantitative estimate of drug-likeness (QED) is 0.251. The van der Waals surface area contributed by atoms with E-state index in [9.17, 15) is 14.3 Å². The number of anilines is 1. The van der Waals surface area contributed by atoms with Crippen LogP contribution in [0.4, 0.5) is 10.2 Å². The Kier molecular flexibility index (Phi) is 7.95. The van der Waals surface area contributed by atoms with E-state index in [1.807, 2.05) is 31.2 Å². The van der Waals surface area contributed by atoms with Crippen molar-refractivity contribution in [3.05, 3.63) is 77.9 Å². The first-order valence-electron chi connectivity index (χ1n) is 11.8. The van der Waals surface area contributed by atoms with Crippen LogP contribution in [0.25, 0.3) is 22.0 Å². The number of methoxy groups -OCH3 is 1. The van der Waals surface area contributed by atoms with Crippen molar-refractivity contribution in [2.45, 2.75) is 26.2 Å². The first kappa shape index (κ1) is 24.9. The molecule has 0 aliphatic carbocycles. The van der Waals surface area contributed by atoms with Crippen LogP contribution in [-0.2, 0) is 6.42 Å². The molecule has 0 aliphatic rings. The third-order valence-corrected chi connectivity index (χ3v) is 5.91. The van der Waals surface area contributed by atoms with Crippen LogP contribution >= 0.6 is 0 Å². The predicted octanol–water partition coefficient (Wildman–Crippen LogP) is 5.98. The van der Waals surface area contributed by atoms with Gasteiger partial charge in [-0.1, -0.05) is 43.7 Å². The zero-order valence-electron chi connectivity index (χ0n) is 20.3. The number of hydrogen-bond acceptors (Lipinski definition) is 6. The summed E-state index contributed by atoms with van der Waals surface area (Å²) in [6.07, 6.45) is 3.64. The molecule has 0 spiro atoms. The summed E-state index contributed by atoms with van der Waals surface area (Å²) >= 11 is 0. The first-order chi connectivity index (χ1) is 17.5. The van der Waals surface area contributed by atoms with Crippen LogP contribution in [-0.4, -0.2) is 41.3 Å². The van der Waals surface area contributed by atoms with Crippen molar-refractivity contribution in [1.29, 1.82) is 0 Å². The number of rotatable bonds is 11. The number of unbranched alkanes of at least 4 members (excludes halogenated alkanes) is 1. The van der Waals surface area contributed by atoms with E-state index < -0.39 is 17.3 Å². The largest absolute Gasteiger partial charge is 0.496 e. The van der Waals surface area contributed by atoms with E-state index in [0.29, 0.717) is 36.5 Å². The smallest absolute Gasteiger partial charge is 0.342 e. The first-order valence-corrected chi connectivity index (χ1v) is 11.8. The van der Waals surface area contributed by atoms with Crippen LogP contribution in [0, 0.1) is 5.82 Å². The topological polar surface area (TPSA) is 93.6 Å². The minimum Gasteiger partial charge on any atom is -0.496 e. The van der Waals surface area contributed by atoms with E-state index in [4.69, 9.17) is 9.47 Å². The van der Waals surface area contributed by atoms with Gasteiger partial charge < -0.3 is 19.9 Å².